The first-order valence-electron chi connectivity index (χ1n) is 13.3. The smallest absolute Gasteiger partial charge is 0.253 e. The Balaban J connectivity index is 1.31. The van der Waals surface area contributed by atoms with Crippen LogP contribution in [-0.4, -0.2) is 24.9 Å². The molecule has 4 aromatic carbocycles. The summed E-state index contributed by atoms with van der Waals surface area (Å²) in [5.74, 6) is -0.195. The summed E-state index contributed by atoms with van der Waals surface area (Å²) < 4.78 is 0. The summed E-state index contributed by atoms with van der Waals surface area (Å²) in [6.07, 6.45) is 2.75. The fourth-order valence-electron chi connectivity index (χ4n) is 4.96. The van der Waals surface area contributed by atoms with Gasteiger partial charge < -0.3 is 15.5 Å². The minimum absolute atomic E-state index is 0.0658. The summed E-state index contributed by atoms with van der Waals surface area (Å²) in [7, 11) is 0. The predicted octanol–water partition coefficient (Wildman–Crippen LogP) is 5.79. The normalized spacial score (nSPS) is 12.5. The molecule has 0 aromatic heterocycles. The number of amides is 2. The van der Waals surface area contributed by atoms with E-state index in [-0.39, 0.29) is 11.8 Å². The van der Waals surface area contributed by atoms with Crippen molar-refractivity contribution in [1.82, 2.24) is 5.32 Å². The highest BCUT2D eigenvalue weighted by Gasteiger charge is 2.22. The molecule has 5 rings (SSSR count). The van der Waals surface area contributed by atoms with Gasteiger partial charge in [-0.05, 0) is 59.7 Å². The number of benzene rings is 4. The van der Waals surface area contributed by atoms with E-state index in [1.807, 2.05) is 66.7 Å². The molecule has 1 aliphatic rings. The molecule has 38 heavy (non-hydrogen) atoms. The van der Waals surface area contributed by atoms with Gasteiger partial charge >= 0.3 is 0 Å². The van der Waals surface area contributed by atoms with Crippen LogP contribution in [0.15, 0.2) is 103 Å². The summed E-state index contributed by atoms with van der Waals surface area (Å²) in [6.45, 7) is 2.13. The molecule has 0 saturated heterocycles. The van der Waals surface area contributed by atoms with Crippen LogP contribution in [0.4, 0.5) is 11.4 Å². The number of nitrogens with one attached hydrogen (secondary N) is 2. The number of carbonyl (C=O) groups is 2. The second kappa shape index (κ2) is 12.2. The quantitative estimate of drug-likeness (QED) is 0.304. The molecule has 0 unspecified atom stereocenters. The Morgan fingerprint density at radius 1 is 0.737 bits per heavy atom. The van der Waals surface area contributed by atoms with Crippen molar-refractivity contribution in [3.8, 4) is 0 Å². The van der Waals surface area contributed by atoms with Crippen molar-refractivity contribution in [3.63, 3.8) is 0 Å². The largest absolute Gasteiger partial charge is 0.366 e. The van der Waals surface area contributed by atoms with Crippen molar-refractivity contribution in [2.24, 2.45) is 0 Å². The highest BCUT2D eigenvalue weighted by molar-refractivity contribution is 6.02. The molecule has 1 heterocycles. The van der Waals surface area contributed by atoms with Gasteiger partial charge in [-0.1, -0.05) is 84.9 Å². The van der Waals surface area contributed by atoms with Crippen molar-refractivity contribution in [1.29, 1.82) is 0 Å². The molecule has 0 radical (unpaired) electrons. The lowest BCUT2D eigenvalue weighted by molar-refractivity contribution is -0.116. The standard InChI is InChI=1S/C33H33N3O2/c37-32(18-15-25-9-3-1-4-10-25)35-29-16-17-31(36-22-20-27-13-7-8-14-28(27)24-36)30(23-29)33(38)34-21-19-26-11-5-2-6-12-26/h1-14,16-17,23H,15,18-22,24H2,(H,34,38)(H,35,37). The van der Waals surface area contributed by atoms with Gasteiger partial charge in [0.25, 0.3) is 5.91 Å². The van der Waals surface area contributed by atoms with Crippen LogP contribution in [0.2, 0.25) is 0 Å². The predicted molar refractivity (Wildman–Crippen MR) is 154 cm³/mol. The molecule has 2 N–H and O–H groups in total. The topological polar surface area (TPSA) is 61.4 Å². The first-order valence-corrected chi connectivity index (χ1v) is 13.3. The van der Waals surface area contributed by atoms with Gasteiger partial charge in [0.1, 0.15) is 0 Å². The molecule has 0 aliphatic carbocycles. The Labute approximate surface area is 224 Å². The maximum atomic E-state index is 13.4. The summed E-state index contributed by atoms with van der Waals surface area (Å²) >= 11 is 0. The third kappa shape index (κ3) is 6.48. The third-order valence-electron chi connectivity index (χ3n) is 7.02. The Bertz CT molecular complexity index is 1390. The number of carbonyl (C=O) groups excluding carboxylic acids is 2. The minimum Gasteiger partial charge on any atom is -0.366 e. The lowest BCUT2D eigenvalue weighted by Crippen LogP contribution is -2.33. The molecule has 0 bridgehead atoms. The Hall–Kier alpha value is -4.38. The lowest BCUT2D eigenvalue weighted by Gasteiger charge is -2.32. The summed E-state index contributed by atoms with van der Waals surface area (Å²) in [5.41, 5.74) is 7.06. The molecule has 5 nitrogen and oxygen atoms in total. The number of fused-ring (bicyclic) bond motifs is 1. The van der Waals surface area contributed by atoms with Crippen molar-refractivity contribution < 1.29 is 9.59 Å². The fourth-order valence-corrected chi connectivity index (χ4v) is 4.96. The van der Waals surface area contributed by atoms with Crippen molar-refractivity contribution in [3.05, 3.63) is 131 Å². The molecule has 192 valence electrons. The second-order valence-corrected chi connectivity index (χ2v) is 9.70. The van der Waals surface area contributed by atoms with Gasteiger partial charge in [0.15, 0.2) is 0 Å². The minimum atomic E-state index is -0.129. The first kappa shape index (κ1) is 25.3. The zero-order valence-corrected chi connectivity index (χ0v) is 21.5. The maximum absolute atomic E-state index is 13.4. The van der Waals surface area contributed by atoms with Crippen LogP contribution in [0.25, 0.3) is 0 Å². The van der Waals surface area contributed by atoms with Crippen LogP contribution >= 0.6 is 0 Å². The van der Waals surface area contributed by atoms with E-state index in [1.54, 1.807) is 0 Å². The van der Waals surface area contributed by atoms with E-state index in [0.29, 0.717) is 30.6 Å². The van der Waals surface area contributed by atoms with E-state index in [4.69, 9.17) is 0 Å². The molecular weight excluding hydrogens is 470 g/mol. The van der Waals surface area contributed by atoms with Crippen LogP contribution in [0.3, 0.4) is 0 Å². The molecule has 0 fully saturated rings. The molecule has 1 aliphatic heterocycles. The fraction of sp³-hybridized carbons (Fsp3) is 0.212. The zero-order valence-electron chi connectivity index (χ0n) is 21.5. The van der Waals surface area contributed by atoms with Crippen molar-refractivity contribution in [2.45, 2.75) is 32.2 Å². The summed E-state index contributed by atoms with van der Waals surface area (Å²) in [4.78, 5) is 28.4. The van der Waals surface area contributed by atoms with Gasteiger partial charge in [0.2, 0.25) is 5.91 Å². The first-order chi connectivity index (χ1) is 18.7. The molecule has 0 saturated carbocycles. The molecule has 4 aromatic rings. The molecule has 5 heteroatoms. The van der Waals surface area contributed by atoms with Gasteiger partial charge in [-0.3, -0.25) is 9.59 Å². The van der Waals surface area contributed by atoms with E-state index in [9.17, 15) is 9.59 Å². The third-order valence-corrected chi connectivity index (χ3v) is 7.02. The van der Waals surface area contributed by atoms with Gasteiger partial charge in [0.05, 0.1) is 5.56 Å². The molecular formula is C33H33N3O2. The van der Waals surface area contributed by atoms with Gasteiger partial charge in [-0.2, -0.15) is 0 Å². The van der Waals surface area contributed by atoms with Crippen LogP contribution in [-0.2, 0) is 30.6 Å². The number of nitrogens with zero attached hydrogens (tertiary/aromatic N) is 1. The van der Waals surface area contributed by atoms with E-state index >= 15 is 0 Å². The van der Waals surface area contributed by atoms with Crippen molar-refractivity contribution in [2.75, 3.05) is 23.3 Å². The van der Waals surface area contributed by atoms with Crippen molar-refractivity contribution >= 4 is 23.2 Å². The Kier molecular flexibility index (Phi) is 8.14. The highest BCUT2D eigenvalue weighted by Crippen LogP contribution is 2.29. The number of hydrogen-bond acceptors (Lipinski definition) is 3. The van der Waals surface area contributed by atoms with Gasteiger partial charge in [-0.15, -0.1) is 0 Å². The number of hydrogen-bond donors (Lipinski definition) is 2. The van der Waals surface area contributed by atoms with Crippen LogP contribution in [0.1, 0.15) is 39.0 Å². The molecule has 2 amide bonds. The van der Waals surface area contributed by atoms with Gasteiger partial charge in [0, 0.05) is 37.4 Å². The summed E-state index contributed by atoms with van der Waals surface area (Å²) in [6, 6.07) is 34.3. The van der Waals surface area contributed by atoms with E-state index in [2.05, 4.69) is 51.9 Å². The SMILES string of the molecule is O=C(CCc1ccccc1)Nc1ccc(N2CCc3ccccc3C2)c(C(=O)NCCc2ccccc2)c1. The number of anilines is 2. The van der Waals surface area contributed by atoms with Gasteiger partial charge in [-0.25, -0.2) is 0 Å². The Morgan fingerprint density at radius 2 is 1.39 bits per heavy atom. The molecule has 0 spiro atoms. The average Bonchev–Trinajstić information content (AvgIpc) is 2.97. The summed E-state index contributed by atoms with van der Waals surface area (Å²) in [5, 5.41) is 6.09. The average molecular weight is 504 g/mol. The Morgan fingerprint density at radius 3 is 2.13 bits per heavy atom. The van der Waals surface area contributed by atoms with Crippen LogP contribution < -0.4 is 15.5 Å². The zero-order chi connectivity index (χ0) is 26.2. The monoisotopic (exact) mass is 503 g/mol. The number of aryl methyl sites for hydroxylation is 1. The van der Waals surface area contributed by atoms with Crippen LogP contribution in [0, 0.1) is 0 Å². The number of rotatable bonds is 9. The van der Waals surface area contributed by atoms with E-state index < -0.39 is 0 Å². The highest BCUT2D eigenvalue weighted by atomic mass is 16.2. The molecule has 0 atom stereocenters. The lowest BCUT2D eigenvalue weighted by atomic mass is 9.98. The van der Waals surface area contributed by atoms with E-state index in [1.165, 1.54) is 16.7 Å². The second-order valence-electron chi connectivity index (χ2n) is 9.70. The maximum Gasteiger partial charge on any atom is 0.253 e. The van der Waals surface area contributed by atoms with Crippen LogP contribution in [0.5, 0.6) is 0 Å². The van der Waals surface area contributed by atoms with E-state index in [0.717, 1.165) is 37.2 Å².